The molecule has 2 aliphatic heterocycles. The van der Waals surface area contributed by atoms with E-state index in [1.54, 1.807) is 7.11 Å². The van der Waals surface area contributed by atoms with Gasteiger partial charge in [0.1, 0.15) is 5.75 Å². The van der Waals surface area contributed by atoms with E-state index in [0.717, 1.165) is 37.2 Å². The first kappa shape index (κ1) is 18.9. The Bertz CT molecular complexity index is 623. The van der Waals surface area contributed by atoms with E-state index in [4.69, 9.17) is 4.74 Å². The average Bonchev–Trinajstić information content (AvgIpc) is 3.19. The van der Waals surface area contributed by atoms with Gasteiger partial charge in [0, 0.05) is 24.0 Å². The van der Waals surface area contributed by atoms with E-state index >= 15 is 0 Å². The Morgan fingerprint density at radius 3 is 2.85 bits per heavy atom. The third-order valence-electron chi connectivity index (χ3n) is 4.98. The predicted octanol–water partition coefficient (Wildman–Crippen LogP) is 2.08. The lowest BCUT2D eigenvalue weighted by Gasteiger charge is -2.16. The lowest BCUT2D eigenvalue weighted by Crippen LogP contribution is -2.36. The summed E-state index contributed by atoms with van der Waals surface area (Å²) in [6.45, 7) is 0.658. The SMILES string of the molecule is COc1ccc(CCNC(=O)CCCCC2SCC3NC(=O)NC32)cc1. The molecule has 2 saturated heterocycles. The maximum absolute atomic E-state index is 12.0. The number of fused-ring (bicyclic) bond motifs is 1. The van der Waals surface area contributed by atoms with E-state index in [0.29, 0.717) is 18.2 Å². The first-order valence-electron chi connectivity index (χ1n) is 9.24. The van der Waals surface area contributed by atoms with Gasteiger partial charge in [-0.2, -0.15) is 11.8 Å². The van der Waals surface area contributed by atoms with Crippen LogP contribution in [0.2, 0.25) is 0 Å². The summed E-state index contributed by atoms with van der Waals surface area (Å²) in [6, 6.07) is 8.41. The molecule has 1 aromatic rings. The minimum Gasteiger partial charge on any atom is -0.497 e. The fourth-order valence-corrected chi connectivity index (χ4v) is 5.04. The van der Waals surface area contributed by atoms with Crippen LogP contribution < -0.4 is 20.7 Å². The third-order valence-corrected chi connectivity index (χ3v) is 6.48. The zero-order valence-electron chi connectivity index (χ0n) is 15.1. The highest BCUT2D eigenvalue weighted by Crippen LogP contribution is 2.33. The van der Waals surface area contributed by atoms with E-state index < -0.39 is 0 Å². The maximum atomic E-state index is 12.0. The maximum Gasteiger partial charge on any atom is 0.315 e. The van der Waals surface area contributed by atoms with Gasteiger partial charge in [-0.1, -0.05) is 18.6 Å². The van der Waals surface area contributed by atoms with Crippen molar-refractivity contribution in [2.45, 2.75) is 49.4 Å². The number of carbonyl (C=O) groups is 2. The van der Waals surface area contributed by atoms with Crippen molar-refractivity contribution in [1.82, 2.24) is 16.0 Å². The van der Waals surface area contributed by atoms with Crippen LogP contribution in [0.1, 0.15) is 31.2 Å². The van der Waals surface area contributed by atoms with Gasteiger partial charge in [-0.05, 0) is 37.0 Å². The molecule has 0 aromatic heterocycles. The number of urea groups is 1. The van der Waals surface area contributed by atoms with Crippen molar-refractivity contribution in [3.05, 3.63) is 29.8 Å². The van der Waals surface area contributed by atoms with Crippen molar-refractivity contribution >= 4 is 23.7 Å². The highest BCUT2D eigenvalue weighted by Gasteiger charge is 2.42. The molecule has 26 heavy (non-hydrogen) atoms. The van der Waals surface area contributed by atoms with Crippen LogP contribution in [0, 0.1) is 0 Å². The Labute approximate surface area is 158 Å². The Hall–Kier alpha value is -1.89. The smallest absolute Gasteiger partial charge is 0.315 e. The molecule has 2 fully saturated rings. The zero-order valence-corrected chi connectivity index (χ0v) is 15.9. The Morgan fingerprint density at radius 1 is 1.27 bits per heavy atom. The molecule has 2 heterocycles. The van der Waals surface area contributed by atoms with E-state index in [1.807, 2.05) is 36.0 Å². The molecular weight excluding hydrogens is 350 g/mol. The monoisotopic (exact) mass is 377 g/mol. The molecule has 0 saturated carbocycles. The molecule has 0 spiro atoms. The van der Waals surface area contributed by atoms with Gasteiger partial charge >= 0.3 is 6.03 Å². The summed E-state index contributed by atoms with van der Waals surface area (Å²) < 4.78 is 5.14. The van der Waals surface area contributed by atoms with Crippen LogP contribution in [0.5, 0.6) is 5.75 Å². The minimum atomic E-state index is -0.0402. The van der Waals surface area contributed by atoms with E-state index in [9.17, 15) is 9.59 Å². The summed E-state index contributed by atoms with van der Waals surface area (Å²) in [5.74, 6) is 1.95. The summed E-state index contributed by atoms with van der Waals surface area (Å²) in [5.41, 5.74) is 1.19. The fourth-order valence-electron chi connectivity index (χ4n) is 3.50. The lowest BCUT2D eigenvalue weighted by atomic mass is 10.0. The lowest BCUT2D eigenvalue weighted by molar-refractivity contribution is -0.121. The molecule has 0 bridgehead atoms. The molecule has 3 amide bonds. The van der Waals surface area contributed by atoms with Crippen molar-refractivity contribution in [2.75, 3.05) is 19.4 Å². The molecule has 3 unspecified atom stereocenters. The van der Waals surface area contributed by atoms with Gasteiger partial charge in [-0.15, -0.1) is 0 Å². The van der Waals surface area contributed by atoms with Crippen LogP contribution in [0.3, 0.4) is 0 Å². The summed E-state index contributed by atoms with van der Waals surface area (Å²) in [7, 11) is 1.65. The molecule has 6 nitrogen and oxygen atoms in total. The topological polar surface area (TPSA) is 79.5 Å². The number of methoxy groups -OCH3 is 1. The first-order valence-corrected chi connectivity index (χ1v) is 10.3. The number of unbranched alkanes of at least 4 members (excludes halogenated alkanes) is 1. The standard InChI is InChI=1S/C19H27N3O3S/c1-25-14-8-6-13(7-9-14)10-11-20-17(23)5-3-2-4-16-18-15(12-26-16)21-19(24)22-18/h6-9,15-16,18H,2-5,10-12H2,1H3,(H,20,23)(H2,21,22,24). The van der Waals surface area contributed by atoms with Crippen molar-refractivity contribution in [2.24, 2.45) is 0 Å². The normalized spacial score (nSPS) is 23.9. The molecule has 3 atom stereocenters. The van der Waals surface area contributed by atoms with Gasteiger partial charge in [0.25, 0.3) is 0 Å². The van der Waals surface area contributed by atoms with Crippen LogP contribution in [0.25, 0.3) is 0 Å². The average molecular weight is 378 g/mol. The number of ether oxygens (including phenoxy) is 1. The first-order chi connectivity index (χ1) is 12.7. The molecular formula is C19H27N3O3S. The molecule has 0 aliphatic carbocycles. The second-order valence-corrected chi connectivity index (χ2v) is 8.09. The van der Waals surface area contributed by atoms with Crippen LogP contribution in [-0.4, -0.2) is 48.7 Å². The largest absolute Gasteiger partial charge is 0.497 e. The van der Waals surface area contributed by atoms with Gasteiger partial charge in [0.2, 0.25) is 5.91 Å². The number of nitrogens with one attached hydrogen (secondary N) is 3. The van der Waals surface area contributed by atoms with E-state index in [-0.39, 0.29) is 24.0 Å². The number of carbonyl (C=O) groups excluding carboxylic acids is 2. The quantitative estimate of drug-likeness (QED) is 0.455. The van der Waals surface area contributed by atoms with Gasteiger partial charge < -0.3 is 20.7 Å². The Morgan fingerprint density at radius 2 is 2.08 bits per heavy atom. The number of thioether (sulfide) groups is 1. The van der Waals surface area contributed by atoms with Crippen molar-refractivity contribution in [1.29, 1.82) is 0 Å². The highest BCUT2D eigenvalue weighted by atomic mass is 32.2. The molecule has 142 valence electrons. The van der Waals surface area contributed by atoms with E-state index in [1.165, 1.54) is 5.56 Å². The number of amides is 3. The summed E-state index contributed by atoms with van der Waals surface area (Å²) in [4.78, 5) is 23.3. The predicted molar refractivity (Wildman–Crippen MR) is 104 cm³/mol. The number of hydrogen-bond acceptors (Lipinski definition) is 4. The number of benzene rings is 1. The molecule has 0 radical (unpaired) electrons. The van der Waals surface area contributed by atoms with Crippen LogP contribution in [-0.2, 0) is 11.2 Å². The summed E-state index contributed by atoms with van der Waals surface area (Å²) in [5, 5.41) is 9.42. The molecule has 3 N–H and O–H groups in total. The second-order valence-electron chi connectivity index (χ2n) is 6.82. The molecule has 1 aromatic carbocycles. The Balaban J connectivity index is 1.25. The van der Waals surface area contributed by atoms with Crippen molar-refractivity contribution in [3.63, 3.8) is 0 Å². The summed E-state index contributed by atoms with van der Waals surface area (Å²) >= 11 is 1.92. The number of rotatable bonds is 9. The van der Waals surface area contributed by atoms with Gasteiger partial charge in [0.15, 0.2) is 0 Å². The summed E-state index contributed by atoms with van der Waals surface area (Å²) in [6.07, 6.45) is 4.35. The van der Waals surface area contributed by atoms with Gasteiger partial charge in [-0.3, -0.25) is 4.79 Å². The molecule has 7 heteroatoms. The third kappa shape index (κ3) is 5.06. The van der Waals surface area contributed by atoms with E-state index in [2.05, 4.69) is 16.0 Å². The second kappa shape index (κ2) is 9.16. The zero-order chi connectivity index (χ0) is 18.4. The van der Waals surface area contributed by atoms with Gasteiger partial charge in [-0.25, -0.2) is 4.79 Å². The van der Waals surface area contributed by atoms with Crippen LogP contribution >= 0.6 is 11.8 Å². The molecule has 3 rings (SSSR count). The van der Waals surface area contributed by atoms with Crippen LogP contribution in [0.4, 0.5) is 4.79 Å². The van der Waals surface area contributed by atoms with Crippen LogP contribution in [0.15, 0.2) is 24.3 Å². The fraction of sp³-hybridized carbons (Fsp3) is 0.579. The van der Waals surface area contributed by atoms with Crippen molar-refractivity contribution < 1.29 is 14.3 Å². The minimum absolute atomic E-state index is 0.0402. The number of hydrogen-bond donors (Lipinski definition) is 3. The highest BCUT2D eigenvalue weighted by molar-refractivity contribution is 8.00. The van der Waals surface area contributed by atoms with Crippen molar-refractivity contribution in [3.8, 4) is 5.75 Å². The molecule has 2 aliphatic rings. The van der Waals surface area contributed by atoms with Gasteiger partial charge in [0.05, 0.1) is 19.2 Å². The Kier molecular flexibility index (Phi) is 6.66.